The maximum absolute atomic E-state index is 12.2. The van der Waals surface area contributed by atoms with Crippen LogP contribution in [-0.4, -0.2) is 60.0 Å². The van der Waals surface area contributed by atoms with E-state index < -0.39 is 0 Å². The van der Waals surface area contributed by atoms with Gasteiger partial charge in [-0.2, -0.15) is 0 Å². The van der Waals surface area contributed by atoms with E-state index in [1.54, 1.807) is 16.7 Å². The van der Waals surface area contributed by atoms with Gasteiger partial charge in [0.25, 0.3) is 0 Å². The molecule has 1 aliphatic heterocycles. The van der Waals surface area contributed by atoms with Gasteiger partial charge in [-0.3, -0.25) is 9.59 Å². The first-order valence-corrected chi connectivity index (χ1v) is 9.91. The molecule has 0 spiro atoms. The van der Waals surface area contributed by atoms with E-state index in [0.717, 1.165) is 5.56 Å². The lowest BCUT2D eigenvalue weighted by molar-refractivity contribution is -0.132. The van der Waals surface area contributed by atoms with Crippen molar-refractivity contribution in [2.45, 2.75) is 52.6 Å². The summed E-state index contributed by atoms with van der Waals surface area (Å²) in [6.07, 6.45) is 1.36. The molecule has 0 unspecified atom stereocenters. The lowest BCUT2D eigenvalue weighted by Gasteiger charge is -2.37. The molecule has 0 radical (unpaired) electrons. The van der Waals surface area contributed by atoms with Crippen LogP contribution in [-0.2, 0) is 20.9 Å². The van der Waals surface area contributed by atoms with Gasteiger partial charge >= 0.3 is 6.09 Å². The highest BCUT2D eigenvalue weighted by atomic mass is 16.6. The molecule has 1 N–H and O–H groups in total. The largest absolute Gasteiger partial charge is 0.450 e. The molecule has 2 rings (SSSR count). The maximum Gasteiger partial charge on any atom is 0.409 e. The molecule has 0 aromatic heterocycles. The predicted molar refractivity (Wildman–Crippen MR) is 107 cm³/mol. The Bertz CT molecular complexity index is 667. The summed E-state index contributed by atoms with van der Waals surface area (Å²) in [7, 11) is 0. The molecule has 1 heterocycles. The summed E-state index contributed by atoms with van der Waals surface area (Å²) in [4.78, 5) is 39.5. The highest BCUT2D eigenvalue weighted by Crippen LogP contribution is 2.18. The number of carbonyl (C=O) groups excluding carboxylic acids is 3. The lowest BCUT2D eigenvalue weighted by Crippen LogP contribution is -2.49. The quantitative estimate of drug-likeness (QED) is 0.777. The summed E-state index contributed by atoms with van der Waals surface area (Å²) in [5.74, 6) is -0.114. The van der Waals surface area contributed by atoms with Crippen molar-refractivity contribution < 1.29 is 19.1 Å². The SMILES string of the molecule is CCOC(=O)N1CCC(N(CCC(=O)NCc2ccc(C)cc2)C(C)=O)CC1. The van der Waals surface area contributed by atoms with Gasteiger partial charge in [0.15, 0.2) is 0 Å². The van der Waals surface area contributed by atoms with E-state index in [2.05, 4.69) is 5.32 Å². The second kappa shape index (κ2) is 10.7. The molecule has 1 fully saturated rings. The summed E-state index contributed by atoms with van der Waals surface area (Å²) in [5.41, 5.74) is 2.23. The van der Waals surface area contributed by atoms with Gasteiger partial charge in [0.2, 0.25) is 11.8 Å². The van der Waals surface area contributed by atoms with E-state index in [9.17, 15) is 14.4 Å². The fourth-order valence-electron chi connectivity index (χ4n) is 3.39. The van der Waals surface area contributed by atoms with Gasteiger partial charge < -0.3 is 19.9 Å². The first kappa shape index (κ1) is 21.7. The van der Waals surface area contributed by atoms with Crippen LogP contribution in [0.4, 0.5) is 4.79 Å². The van der Waals surface area contributed by atoms with Gasteiger partial charge in [-0.15, -0.1) is 0 Å². The summed E-state index contributed by atoms with van der Waals surface area (Å²) in [6.45, 7) is 7.69. The Morgan fingerprint density at radius 3 is 2.39 bits per heavy atom. The number of aryl methyl sites for hydroxylation is 1. The van der Waals surface area contributed by atoms with Crippen molar-refractivity contribution in [2.75, 3.05) is 26.2 Å². The van der Waals surface area contributed by atoms with Crippen LogP contribution >= 0.6 is 0 Å². The number of hydrogen-bond acceptors (Lipinski definition) is 4. The van der Waals surface area contributed by atoms with Gasteiger partial charge in [-0.05, 0) is 32.3 Å². The average molecular weight is 389 g/mol. The molecule has 0 atom stereocenters. The number of likely N-dealkylation sites (tertiary alicyclic amines) is 1. The number of rotatable bonds is 7. The Morgan fingerprint density at radius 1 is 1.18 bits per heavy atom. The number of benzene rings is 1. The Hall–Kier alpha value is -2.57. The fourth-order valence-corrected chi connectivity index (χ4v) is 3.39. The zero-order valence-electron chi connectivity index (χ0n) is 17.1. The molecule has 0 bridgehead atoms. The number of hydrogen-bond donors (Lipinski definition) is 1. The van der Waals surface area contributed by atoms with E-state index in [0.29, 0.717) is 45.6 Å². The summed E-state index contributed by atoms with van der Waals surface area (Å²) < 4.78 is 5.03. The van der Waals surface area contributed by atoms with Crippen LogP contribution in [0.2, 0.25) is 0 Å². The average Bonchev–Trinajstić information content (AvgIpc) is 2.68. The molecule has 1 saturated heterocycles. The van der Waals surface area contributed by atoms with Gasteiger partial charge in [0, 0.05) is 45.6 Å². The standard InChI is InChI=1S/C21H31N3O4/c1-4-28-21(27)23-12-9-19(10-13-23)24(17(3)25)14-11-20(26)22-15-18-7-5-16(2)6-8-18/h5-8,19H,4,9-15H2,1-3H3,(H,22,26). The predicted octanol–water partition coefficient (Wildman–Crippen LogP) is 2.47. The third-order valence-electron chi connectivity index (χ3n) is 5.03. The minimum atomic E-state index is -0.300. The van der Waals surface area contributed by atoms with Crippen LogP contribution in [0.3, 0.4) is 0 Å². The molecule has 1 aromatic carbocycles. The lowest BCUT2D eigenvalue weighted by atomic mass is 10.0. The van der Waals surface area contributed by atoms with Crippen molar-refractivity contribution in [3.8, 4) is 0 Å². The smallest absolute Gasteiger partial charge is 0.409 e. The second-order valence-corrected chi connectivity index (χ2v) is 7.14. The third kappa shape index (κ3) is 6.55. The van der Waals surface area contributed by atoms with Gasteiger partial charge in [0.1, 0.15) is 0 Å². The topological polar surface area (TPSA) is 79.0 Å². The van der Waals surface area contributed by atoms with Crippen molar-refractivity contribution in [3.05, 3.63) is 35.4 Å². The number of nitrogens with one attached hydrogen (secondary N) is 1. The number of nitrogens with zero attached hydrogens (tertiary/aromatic N) is 2. The van der Waals surface area contributed by atoms with E-state index in [-0.39, 0.29) is 30.4 Å². The molecule has 3 amide bonds. The van der Waals surface area contributed by atoms with E-state index >= 15 is 0 Å². The molecular formula is C21H31N3O4. The number of amides is 3. The Balaban J connectivity index is 1.78. The minimum absolute atomic E-state index is 0.0408. The van der Waals surface area contributed by atoms with E-state index in [4.69, 9.17) is 4.74 Å². The first-order chi connectivity index (χ1) is 13.4. The summed E-state index contributed by atoms with van der Waals surface area (Å²) in [6, 6.07) is 8.07. The van der Waals surface area contributed by atoms with E-state index in [1.807, 2.05) is 31.2 Å². The van der Waals surface area contributed by atoms with Crippen LogP contribution in [0.25, 0.3) is 0 Å². The summed E-state index contributed by atoms with van der Waals surface area (Å²) in [5, 5.41) is 2.91. The monoisotopic (exact) mass is 389 g/mol. The molecule has 0 saturated carbocycles. The molecule has 28 heavy (non-hydrogen) atoms. The Kier molecular flexibility index (Phi) is 8.29. The molecular weight excluding hydrogens is 358 g/mol. The van der Waals surface area contributed by atoms with Crippen molar-refractivity contribution in [3.63, 3.8) is 0 Å². The summed E-state index contributed by atoms with van der Waals surface area (Å²) >= 11 is 0. The molecule has 7 nitrogen and oxygen atoms in total. The fraction of sp³-hybridized carbons (Fsp3) is 0.571. The van der Waals surface area contributed by atoms with Crippen LogP contribution in [0.5, 0.6) is 0 Å². The highest BCUT2D eigenvalue weighted by molar-refractivity contribution is 5.78. The van der Waals surface area contributed by atoms with E-state index in [1.165, 1.54) is 12.5 Å². The van der Waals surface area contributed by atoms with Crippen LogP contribution in [0.15, 0.2) is 24.3 Å². The molecule has 154 valence electrons. The number of carbonyl (C=O) groups is 3. The highest BCUT2D eigenvalue weighted by Gasteiger charge is 2.28. The van der Waals surface area contributed by atoms with Gasteiger partial charge in [-0.25, -0.2) is 4.79 Å². The zero-order valence-corrected chi connectivity index (χ0v) is 17.1. The number of ether oxygens (including phenoxy) is 1. The molecule has 1 aromatic rings. The van der Waals surface area contributed by atoms with Gasteiger partial charge in [-0.1, -0.05) is 29.8 Å². The van der Waals surface area contributed by atoms with Crippen molar-refractivity contribution in [2.24, 2.45) is 0 Å². The van der Waals surface area contributed by atoms with Crippen molar-refractivity contribution in [1.82, 2.24) is 15.1 Å². The zero-order chi connectivity index (χ0) is 20.5. The minimum Gasteiger partial charge on any atom is -0.450 e. The Labute approximate surface area is 167 Å². The molecule has 7 heteroatoms. The van der Waals surface area contributed by atoms with Crippen molar-refractivity contribution in [1.29, 1.82) is 0 Å². The maximum atomic E-state index is 12.2. The molecule has 0 aliphatic carbocycles. The van der Waals surface area contributed by atoms with Crippen LogP contribution in [0.1, 0.15) is 44.2 Å². The van der Waals surface area contributed by atoms with Crippen molar-refractivity contribution >= 4 is 17.9 Å². The second-order valence-electron chi connectivity index (χ2n) is 7.14. The molecule has 1 aliphatic rings. The van der Waals surface area contributed by atoms with Crippen LogP contribution < -0.4 is 5.32 Å². The Morgan fingerprint density at radius 2 is 1.82 bits per heavy atom. The van der Waals surface area contributed by atoms with Crippen LogP contribution in [0, 0.1) is 6.92 Å². The number of piperidine rings is 1. The normalized spacial score (nSPS) is 14.5. The third-order valence-corrected chi connectivity index (χ3v) is 5.03. The first-order valence-electron chi connectivity index (χ1n) is 9.91. The van der Waals surface area contributed by atoms with Gasteiger partial charge in [0.05, 0.1) is 6.61 Å².